The number of ether oxygens (including phenoxy) is 1. The molecule has 1 aliphatic rings. The third-order valence-electron chi connectivity index (χ3n) is 2.68. The van der Waals surface area contributed by atoms with Crippen LogP contribution in [0.5, 0.6) is 0 Å². The van der Waals surface area contributed by atoms with Crippen LogP contribution in [0.4, 0.5) is 0 Å². The molecule has 0 aromatic heterocycles. The maximum atomic E-state index is 11.5. The van der Waals surface area contributed by atoms with E-state index in [0.29, 0.717) is 12.8 Å². The lowest BCUT2D eigenvalue weighted by atomic mass is 9.79. The summed E-state index contributed by atoms with van der Waals surface area (Å²) in [6.07, 6.45) is 2.91. The van der Waals surface area contributed by atoms with Gasteiger partial charge in [-0.1, -0.05) is 6.42 Å². The normalized spacial score (nSPS) is 22.9. The molecule has 0 radical (unpaired) electrons. The minimum Gasteiger partial charge on any atom is -0.465 e. The number of hydrogen-bond acceptors (Lipinski definition) is 4. The number of esters is 1. The van der Waals surface area contributed by atoms with Crippen LogP contribution in [0.2, 0.25) is 0 Å². The van der Waals surface area contributed by atoms with Crippen LogP contribution in [0, 0.1) is 23.2 Å². The Hall–Kier alpha value is -1.37. The zero-order valence-electron chi connectivity index (χ0n) is 8.86. The average molecular weight is 209 g/mol. The van der Waals surface area contributed by atoms with E-state index in [1.165, 1.54) is 0 Å². The Kier molecular flexibility index (Phi) is 4.29. The standard InChI is InChI=1S/C11H15NO3/c1-2-15-11(14)9(7-12)8-5-3-4-6-10(8)13/h8-9H,2-6H2,1H3/t8-,9-/m0/s1. The molecule has 0 saturated heterocycles. The van der Waals surface area contributed by atoms with Gasteiger partial charge < -0.3 is 4.74 Å². The van der Waals surface area contributed by atoms with E-state index in [0.717, 1.165) is 12.8 Å². The first-order valence-corrected chi connectivity index (χ1v) is 5.29. The van der Waals surface area contributed by atoms with Gasteiger partial charge in [-0.3, -0.25) is 9.59 Å². The molecule has 0 aliphatic heterocycles. The number of rotatable bonds is 3. The van der Waals surface area contributed by atoms with E-state index in [4.69, 9.17) is 10.00 Å². The lowest BCUT2D eigenvalue weighted by molar-refractivity contribution is -0.150. The highest BCUT2D eigenvalue weighted by atomic mass is 16.5. The fourth-order valence-corrected chi connectivity index (χ4v) is 1.90. The first-order chi connectivity index (χ1) is 7.20. The van der Waals surface area contributed by atoms with Crippen molar-refractivity contribution < 1.29 is 14.3 Å². The third-order valence-corrected chi connectivity index (χ3v) is 2.68. The van der Waals surface area contributed by atoms with E-state index in [1.807, 2.05) is 6.07 Å². The van der Waals surface area contributed by atoms with E-state index < -0.39 is 17.8 Å². The predicted molar refractivity (Wildman–Crippen MR) is 52.7 cm³/mol. The molecule has 4 heteroatoms. The number of carbonyl (C=O) groups excluding carboxylic acids is 2. The highest BCUT2D eigenvalue weighted by Gasteiger charge is 2.35. The zero-order chi connectivity index (χ0) is 11.3. The van der Waals surface area contributed by atoms with Crippen molar-refractivity contribution in [2.24, 2.45) is 11.8 Å². The number of carbonyl (C=O) groups is 2. The molecule has 0 heterocycles. The summed E-state index contributed by atoms with van der Waals surface area (Å²) in [5, 5.41) is 8.89. The molecule has 1 saturated carbocycles. The molecule has 4 nitrogen and oxygen atoms in total. The minimum atomic E-state index is -0.905. The van der Waals surface area contributed by atoms with Gasteiger partial charge in [0.15, 0.2) is 5.92 Å². The van der Waals surface area contributed by atoms with Crippen LogP contribution in [0.1, 0.15) is 32.6 Å². The van der Waals surface area contributed by atoms with Gasteiger partial charge >= 0.3 is 5.97 Å². The molecule has 1 aliphatic carbocycles. The quantitative estimate of drug-likeness (QED) is 0.660. The second kappa shape index (κ2) is 5.50. The third kappa shape index (κ3) is 2.79. The second-order valence-corrected chi connectivity index (χ2v) is 3.68. The first kappa shape index (κ1) is 11.7. The van der Waals surface area contributed by atoms with Gasteiger partial charge in [-0.05, 0) is 19.8 Å². The first-order valence-electron chi connectivity index (χ1n) is 5.29. The molecule has 15 heavy (non-hydrogen) atoms. The van der Waals surface area contributed by atoms with Gasteiger partial charge in [-0.2, -0.15) is 5.26 Å². The van der Waals surface area contributed by atoms with Gasteiger partial charge in [0.25, 0.3) is 0 Å². The summed E-state index contributed by atoms with van der Waals surface area (Å²) in [5.41, 5.74) is 0. The molecule has 0 N–H and O–H groups in total. The van der Waals surface area contributed by atoms with Crippen molar-refractivity contribution in [1.29, 1.82) is 5.26 Å². The van der Waals surface area contributed by atoms with Crippen molar-refractivity contribution in [3.63, 3.8) is 0 Å². The Morgan fingerprint density at radius 2 is 2.40 bits per heavy atom. The minimum absolute atomic E-state index is 0.0286. The average Bonchev–Trinajstić information content (AvgIpc) is 2.22. The topological polar surface area (TPSA) is 67.2 Å². The van der Waals surface area contributed by atoms with Crippen LogP contribution in [0.15, 0.2) is 0 Å². The number of ketones is 1. The maximum absolute atomic E-state index is 11.5. The summed E-state index contributed by atoms with van der Waals surface area (Å²) in [6, 6.07) is 1.89. The lowest BCUT2D eigenvalue weighted by Crippen LogP contribution is -2.32. The molecule has 82 valence electrons. The van der Waals surface area contributed by atoms with Gasteiger partial charge in [0.05, 0.1) is 12.7 Å². The van der Waals surface area contributed by atoms with E-state index >= 15 is 0 Å². The lowest BCUT2D eigenvalue weighted by Gasteiger charge is -2.23. The zero-order valence-corrected chi connectivity index (χ0v) is 8.86. The fraction of sp³-hybridized carbons (Fsp3) is 0.727. The molecule has 0 amide bonds. The Balaban J connectivity index is 2.69. The van der Waals surface area contributed by atoms with E-state index in [2.05, 4.69) is 0 Å². The van der Waals surface area contributed by atoms with Crippen LogP contribution in [0.25, 0.3) is 0 Å². The summed E-state index contributed by atoms with van der Waals surface area (Å²) >= 11 is 0. The van der Waals surface area contributed by atoms with Gasteiger partial charge in [-0.15, -0.1) is 0 Å². The molecule has 1 fully saturated rings. The molecule has 0 bridgehead atoms. The number of hydrogen-bond donors (Lipinski definition) is 0. The van der Waals surface area contributed by atoms with Gasteiger partial charge in [0.2, 0.25) is 0 Å². The molecular weight excluding hydrogens is 194 g/mol. The van der Waals surface area contributed by atoms with E-state index in [9.17, 15) is 9.59 Å². The smallest absolute Gasteiger partial charge is 0.324 e. The van der Waals surface area contributed by atoms with Crippen molar-refractivity contribution in [1.82, 2.24) is 0 Å². The van der Waals surface area contributed by atoms with Crippen molar-refractivity contribution in [3.05, 3.63) is 0 Å². The summed E-state index contributed by atoms with van der Waals surface area (Å²) in [5.74, 6) is -1.87. The maximum Gasteiger partial charge on any atom is 0.324 e. The van der Waals surface area contributed by atoms with Crippen molar-refractivity contribution in [2.75, 3.05) is 6.61 Å². The van der Waals surface area contributed by atoms with Gasteiger partial charge in [0, 0.05) is 12.3 Å². The van der Waals surface area contributed by atoms with Gasteiger partial charge in [-0.25, -0.2) is 0 Å². The Morgan fingerprint density at radius 3 is 2.93 bits per heavy atom. The summed E-state index contributed by atoms with van der Waals surface area (Å²) in [6.45, 7) is 1.94. The number of nitrogens with zero attached hydrogens (tertiary/aromatic N) is 1. The van der Waals surface area contributed by atoms with Crippen molar-refractivity contribution >= 4 is 11.8 Å². The largest absolute Gasteiger partial charge is 0.465 e. The SMILES string of the molecule is CCOC(=O)[C@@H](C#N)[C@@H]1CCCCC1=O. The highest BCUT2D eigenvalue weighted by Crippen LogP contribution is 2.27. The summed E-state index contributed by atoms with van der Waals surface area (Å²) < 4.78 is 4.78. The molecule has 0 aromatic rings. The van der Waals surface area contributed by atoms with E-state index in [-0.39, 0.29) is 12.4 Å². The molecular formula is C11H15NO3. The Labute approximate surface area is 89.2 Å². The van der Waals surface area contributed by atoms with Crippen molar-refractivity contribution in [2.45, 2.75) is 32.6 Å². The number of Topliss-reactive ketones (excluding diaryl/α,β-unsaturated/α-hetero) is 1. The summed E-state index contributed by atoms with van der Waals surface area (Å²) in [4.78, 5) is 23.0. The predicted octanol–water partition coefficient (Wildman–Crippen LogP) is 1.45. The van der Waals surface area contributed by atoms with Crippen LogP contribution in [0.3, 0.4) is 0 Å². The Morgan fingerprint density at radius 1 is 1.67 bits per heavy atom. The second-order valence-electron chi connectivity index (χ2n) is 3.68. The Bertz CT molecular complexity index is 293. The molecule has 2 atom stereocenters. The summed E-state index contributed by atoms with van der Waals surface area (Å²) in [7, 11) is 0. The highest BCUT2D eigenvalue weighted by molar-refractivity contribution is 5.88. The van der Waals surface area contributed by atoms with Gasteiger partial charge in [0.1, 0.15) is 5.78 Å². The van der Waals surface area contributed by atoms with Crippen LogP contribution >= 0.6 is 0 Å². The van der Waals surface area contributed by atoms with Crippen molar-refractivity contribution in [3.8, 4) is 6.07 Å². The molecule has 0 spiro atoms. The monoisotopic (exact) mass is 209 g/mol. The molecule has 1 rings (SSSR count). The van der Waals surface area contributed by atoms with Crippen LogP contribution < -0.4 is 0 Å². The number of nitriles is 1. The molecule has 0 unspecified atom stereocenters. The fourth-order valence-electron chi connectivity index (χ4n) is 1.90. The molecule has 0 aromatic carbocycles. The van der Waals surface area contributed by atoms with Crippen LogP contribution in [-0.4, -0.2) is 18.4 Å². The van der Waals surface area contributed by atoms with E-state index in [1.54, 1.807) is 6.92 Å². The van der Waals surface area contributed by atoms with Crippen LogP contribution in [-0.2, 0) is 14.3 Å².